The van der Waals surface area contributed by atoms with Gasteiger partial charge in [0, 0.05) is 36.7 Å². The number of para-hydroxylation sites is 1. The van der Waals surface area contributed by atoms with Crippen molar-refractivity contribution in [1.29, 1.82) is 0 Å². The van der Waals surface area contributed by atoms with Crippen molar-refractivity contribution in [2.75, 3.05) is 42.6 Å². The summed E-state index contributed by atoms with van der Waals surface area (Å²) in [5.41, 5.74) is 3.21. The number of likely N-dealkylation sites (tertiary alicyclic amines) is 1. The molecule has 0 unspecified atom stereocenters. The first-order valence-electron chi connectivity index (χ1n) is 11.1. The Balaban J connectivity index is 1.26. The molecule has 3 aromatic rings. The molecule has 1 fully saturated rings. The molecule has 9 nitrogen and oxygen atoms in total. The lowest BCUT2D eigenvalue weighted by Crippen LogP contribution is -2.48. The molecule has 2 aliphatic rings. The van der Waals surface area contributed by atoms with Crippen molar-refractivity contribution in [3.05, 3.63) is 60.2 Å². The zero-order valence-corrected chi connectivity index (χ0v) is 19.9. The molecule has 1 aromatic heterocycles. The number of fused-ring (bicyclic) bond motifs is 2. The number of piperidine rings is 1. The number of aromatic amines is 1. The number of hydrogen-bond acceptors (Lipinski definition) is 5. The average Bonchev–Trinajstić information content (AvgIpc) is 3.43. The Kier molecular flexibility index (Phi) is 5.47. The number of methoxy groups -OCH3 is 1. The van der Waals surface area contributed by atoms with Crippen molar-refractivity contribution in [2.45, 2.75) is 18.3 Å². The predicted octanol–water partition coefficient (Wildman–Crippen LogP) is 3.43. The highest BCUT2D eigenvalue weighted by atomic mass is 32.2. The van der Waals surface area contributed by atoms with Crippen LogP contribution in [0, 0.1) is 0 Å². The number of nitrogens with one attached hydrogen (secondary N) is 2. The molecule has 2 aromatic carbocycles. The van der Waals surface area contributed by atoms with Gasteiger partial charge in [-0.3, -0.25) is 14.7 Å². The maximum absolute atomic E-state index is 12.9. The topological polar surface area (TPSA) is 108 Å². The van der Waals surface area contributed by atoms with E-state index in [-0.39, 0.29) is 11.4 Å². The molecule has 34 heavy (non-hydrogen) atoms. The number of nitrogens with zero attached hydrogens (tertiary/aromatic N) is 3. The van der Waals surface area contributed by atoms with Gasteiger partial charge >= 0.3 is 6.03 Å². The van der Waals surface area contributed by atoms with E-state index in [1.54, 1.807) is 18.1 Å². The van der Waals surface area contributed by atoms with Crippen LogP contribution in [0.1, 0.15) is 18.4 Å². The van der Waals surface area contributed by atoms with Gasteiger partial charge in [-0.2, -0.15) is 5.10 Å². The van der Waals surface area contributed by atoms with E-state index in [0.717, 1.165) is 28.3 Å². The second-order valence-corrected chi connectivity index (χ2v) is 10.8. The highest BCUT2D eigenvalue weighted by Gasteiger charge is 2.47. The number of H-pyrrole nitrogens is 1. The van der Waals surface area contributed by atoms with Crippen LogP contribution in [-0.2, 0) is 15.4 Å². The number of urea groups is 1. The first kappa shape index (κ1) is 22.3. The average molecular weight is 482 g/mol. The standard InChI is InChI=1S/C24H27N5O4S/c1-33-18-7-5-6-17(14-18)20-15-22(27-26-20)25-23(30)28-12-10-24(11-13-28)16-29(34(2,31)32)21-9-4-3-8-19(21)24/h3-9,14-15H,10-13,16H2,1-2H3,(H2,25,26,27,30). The number of rotatable bonds is 4. The van der Waals surface area contributed by atoms with Gasteiger partial charge in [0.1, 0.15) is 5.75 Å². The molecule has 1 saturated heterocycles. The van der Waals surface area contributed by atoms with E-state index in [0.29, 0.717) is 38.3 Å². The Hall–Kier alpha value is -3.53. The lowest BCUT2D eigenvalue weighted by atomic mass is 9.74. The Morgan fingerprint density at radius 2 is 1.88 bits per heavy atom. The van der Waals surface area contributed by atoms with Gasteiger partial charge in [0.25, 0.3) is 0 Å². The van der Waals surface area contributed by atoms with Gasteiger partial charge in [0.2, 0.25) is 10.0 Å². The molecule has 0 atom stereocenters. The molecule has 0 saturated carbocycles. The van der Waals surface area contributed by atoms with E-state index in [1.165, 1.54) is 10.6 Å². The Morgan fingerprint density at radius 1 is 1.12 bits per heavy atom. The van der Waals surface area contributed by atoms with Crippen LogP contribution >= 0.6 is 0 Å². The Bertz CT molecular complexity index is 1330. The molecule has 0 aliphatic carbocycles. The quantitative estimate of drug-likeness (QED) is 0.594. The Morgan fingerprint density at radius 3 is 2.62 bits per heavy atom. The third kappa shape index (κ3) is 3.98. The van der Waals surface area contributed by atoms with Crippen LogP contribution in [0.25, 0.3) is 11.3 Å². The van der Waals surface area contributed by atoms with Gasteiger partial charge in [0.15, 0.2) is 5.82 Å². The monoisotopic (exact) mass is 481 g/mol. The van der Waals surface area contributed by atoms with Crippen LogP contribution in [0.4, 0.5) is 16.3 Å². The van der Waals surface area contributed by atoms with Crippen molar-refractivity contribution in [2.24, 2.45) is 0 Å². The summed E-state index contributed by atoms with van der Waals surface area (Å²) in [6.07, 6.45) is 2.63. The number of anilines is 2. The summed E-state index contributed by atoms with van der Waals surface area (Å²) in [5, 5.41) is 10.0. The third-order valence-corrected chi connectivity index (χ3v) is 7.92. The molecular weight excluding hydrogens is 454 g/mol. The summed E-state index contributed by atoms with van der Waals surface area (Å²) in [6, 6.07) is 16.8. The maximum Gasteiger partial charge on any atom is 0.323 e. The van der Waals surface area contributed by atoms with Crippen LogP contribution < -0.4 is 14.4 Å². The van der Waals surface area contributed by atoms with E-state index in [9.17, 15) is 13.2 Å². The zero-order chi connectivity index (χ0) is 23.9. The third-order valence-electron chi connectivity index (χ3n) is 6.79. The molecule has 2 amide bonds. The van der Waals surface area contributed by atoms with E-state index >= 15 is 0 Å². The molecule has 178 valence electrons. The van der Waals surface area contributed by atoms with Gasteiger partial charge in [-0.25, -0.2) is 13.2 Å². The van der Waals surface area contributed by atoms with Crippen molar-refractivity contribution in [3.8, 4) is 17.0 Å². The van der Waals surface area contributed by atoms with Crippen LogP contribution in [-0.4, -0.2) is 62.5 Å². The van der Waals surface area contributed by atoms with Crippen LogP contribution in [0.5, 0.6) is 5.75 Å². The summed E-state index contributed by atoms with van der Waals surface area (Å²) in [7, 11) is -1.75. The molecular formula is C24H27N5O4S. The van der Waals surface area contributed by atoms with Gasteiger partial charge in [-0.15, -0.1) is 0 Å². The summed E-state index contributed by atoms with van der Waals surface area (Å²) in [4.78, 5) is 14.7. The minimum Gasteiger partial charge on any atom is -0.497 e. The number of sulfonamides is 1. The second kappa shape index (κ2) is 8.35. The van der Waals surface area contributed by atoms with Crippen molar-refractivity contribution >= 4 is 27.6 Å². The highest BCUT2D eigenvalue weighted by molar-refractivity contribution is 7.92. The number of carbonyl (C=O) groups excluding carboxylic acids is 1. The summed E-state index contributed by atoms with van der Waals surface area (Å²) >= 11 is 0. The van der Waals surface area contributed by atoms with Gasteiger partial charge < -0.3 is 9.64 Å². The molecule has 1 spiro atoms. The molecule has 10 heteroatoms. The fourth-order valence-electron chi connectivity index (χ4n) is 4.96. The molecule has 2 aliphatic heterocycles. The van der Waals surface area contributed by atoms with Gasteiger partial charge in [0.05, 0.1) is 24.7 Å². The number of carbonyl (C=O) groups is 1. The summed E-state index contributed by atoms with van der Waals surface area (Å²) in [6.45, 7) is 1.49. The maximum atomic E-state index is 12.9. The largest absolute Gasteiger partial charge is 0.497 e. The van der Waals surface area contributed by atoms with Gasteiger partial charge in [-0.05, 0) is 36.6 Å². The second-order valence-electron chi connectivity index (χ2n) is 8.88. The van der Waals surface area contributed by atoms with E-state index < -0.39 is 10.0 Å². The minimum atomic E-state index is -3.37. The van der Waals surface area contributed by atoms with Crippen LogP contribution in [0.2, 0.25) is 0 Å². The minimum absolute atomic E-state index is 0.218. The number of ether oxygens (including phenoxy) is 1. The first-order chi connectivity index (χ1) is 16.3. The molecule has 0 bridgehead atoms. The fourth-order valence-corrected chi connectivity index (χ4v) is 5.96. The van der Waals surface area contributed by atoms with E-state index in [2.05, 4.69) is 15.5 Å². The smallest absolute Gasteiger partial charge is 0.323 e. The summed E-state index contributed by atoms with van der Waals surface area (Å²) < 4.78 is 31.5. The number of benzene rings is 2. The normalized spacial score (nSPS) is 17.0. The van der Waals surface area contributed by atoms with Crippen molar-refractivity contribution in [3.63, 3.8) is 0 Å². The number of aromatic nitrogens is 2. The number of amides is 2. The summed E-state index contributed by atoms with van der Waals surface area (Å²) in [5.74, 6) is 1.18. The lowest BCUT2D eigenvalue weighted by molar-refractivity contribution is 0.173. The number of hydrogen-bond donors (Lipinski definition) is 2. The van der Waals surface area contributed by atoms with Crippen molar-refractivity contribution < 1.29 is 17.9 Å². The van der Waals surface area contributed by atoms with E-state index in [1.807, 2.05) is 48.5 Å². The van der Waals surface area contributed by atoms with Gasteiger partial charge in [-0.1, -0.05) is 30.3 Å². The predicted molar refractivity (Wildman–Crippen MR) is 131 cm³/mol. The fraction of sp³-hybridized carbons (Fsp3) is 0.333. The molecule has 5 rings (SSSR count). The Labute approximate surface area is 198 Å². The zero-order valence-electron chi connectivity index (χ0n) is 19.1. The molecule has 2 N–H and O–H groups in total. The lowest BCUT2D eigenvalue weighted by Gasteiger charge is -2.39. The molecule has 3 heterocycles. The molecule has 0 radical (unpaired) electrons. The van der Waals surface area contributed by atoms with Crippen molar-refractivity contribution in [1.82, 2.24) is 15.1 Å². The SMILES string of the molecule is COc1cccc(-c2cc(NC(=O)N3CCC4(CC3)CN(S(C)(=O)=O)c3ccccc34)n[nH]2)c1. The first-order valence-corrected chi connectivity index (χ1v) is 13.0. The van der Waals surface area contributed by atoms with Crippen LogP contribution in [0.3, 0.4) is 0 Å². The van der Waals surface area contributed by atoms with Crippen LogP contribution in [0.15, 0.2) is 54.6 Å². The highest BCUT2D eigenvalue weighted by Crippen LogP contribution is 2.47. The van der Waals surface area contributed by atoms with E-state index in [4.69, 9.17) is 4.74 Å².